The molecular weight excluding hydrogens is 168 g/mol. The smallest absolute Gasteiger partial charge is 0.0269 e. The van der Waals surface area contributed by atoms with E-state index in [1.165, 1.54) is 32.1 Å². The summed E-state index contributed by atoms with van der Waals surface area (Å²) in [6, 6.07) is 0. The molecule has 2 aliphatic carbocycles. The van der Waals surface area contributed by atoms with Gasteiger partial charge in [-0.1, -0.05) is 40.5 Å². The van der Waals surface area contributed by atoms with Crippen LogP contribution in [0.2, 0.25) is 0 Å². The van der Waals surface area contributed by atoms with E-state index in [0.717, 1.165) is 17.3 Å². The van der Waals surface area contributed by atoms with Crippen LogP contribution >= 0.6 is 0 Å². The molecule has 0 N–H and O–H groups in total. The van der Waals surface area contributed by atoms with Crippen molar-refractivity contribution in [3.63, 3.8) is 0 Å². The Balaban J connectivity index is 0.000000245. The Labute approximate surface area is 90.8 Å². The second kappa shape index (κ2) is 6.27. The van der Waals surface area contributed by atoms with Gasteiger partial charge in [-0.15, -0.1) is 13.2 Å². The predicted octanol–water partition coefficient (Wildman–Crippen LogP) is 5.05. The molecule has 0 aromatic heterocycles. The minimum absolute atomic E-state index is 0.819. The van der Waals surface area contributed by atoms with Gasteiger partial charge in [0.05, 0.1) is 0 Å². The largest absolute Gasteiger partial charge is 0.106 e. The van der Waals surface area contributed by atoms with E-state index < -0.39 is 0 Å². The average Bonchev–Trinajstić information content (AvgIpc) is 2.83. The molecule has 0 saturated heterocycles. The van der Waals surface area contributed by atoms with Crippen LogP contribution in [-0.4, -0.2) is 0 Å². The van der Waals surface area contributed by atoms with Gasteiger partial charge in [0.15, 0.2) is 0 Å². The Morgan fingerprint density at radius 2 is 1.64 bits per heavy atom. The maximum atomic E-state index is 3.00. The zero-order valence-corrected chi connectivity index (χ0v) is 10.6. The second-order valence-corrected chi connectivity index (χ2v) is 4.89. The first-order valence-electron chi connectivity index (χ1n) is 6.15. The molecule has 14 heavy (non-hydrogen) atoms. The molecule has 0 radical (unpaired) electrons. The summed E-state index contributed by atoms with van der Waals surface area (Å²) >= 11 is 0. The first kappa shape index (κ1) is 13.7. The molecule has 2 aliphatic rings. The fraction of sp³-hybridized carbons (Fsp3) is 0.857. The monoisotopic (exact) mass is 196 g/mol. The summed E-state index contributed by atoms with van der Waals surface area (Å²) in [6.45, 7) is 15.2. The molecular formula is C14H28. The Bertz CT molecular complexity index is 146. The van der Waals surface area contributed by atoms with Gasteiger partial charge < -0.3 is 0 Å². The van der Waals surface area contributed by atoms with Gasteiger partial charge in [-0.05, 0) is 36.5 Å². The van der Waals surface area contributed by atoms with Crippen LogP contribution in [0.4, 0.5) is 0 Å². The van der Waals surface area contributed by atoms with Gasteiger partial charge in [-0.2, -0.15) is 0 Å². The summed E-state index contributed by atoms with van der Waals surface area (Å²) in [5.41, 5.74) is 0.819. The van der Waals surface area contributed by atoms with Crippen LogP contribution in [0.15, 0.2) is 13.2 Å². The third-order valence-corrected chi connectivity index (χ3v) is 4.03. The summed E-state index contributed by atoms with van der Waals surface area (Å²) in [4.78, 5) is 0. The first-order chi connectivity index (χ1) is 6.65. The molecule has 0 aliphatic heterocycles. The van der Waals surface area contributed by atoms with Gasteiger partial charge in [0.2, 0.25) is 0 Å². The van der Waals surface area contributed by atoms with Crippen molar-refractivity contribution in [2.75, 3.05) is 0 Å². The molecule has 0 heteroatoms. The minimum Gasteiger partial charge on any atom is -0.106 e. The molecule has 2 rings (SSSR count). The molecule has 0 amide bonds. The summed E-state index contributed by atoms with van der Waals surface area (Å²) in [5.74, 6) is 2.17. The van der Waals surface area contributed by atoms with Crippen LogP contribution in [0.25, 0.3) is 0 Å². The van der Waals surface area contributed by atoms with E-state index in [2.05, 4.69) is 40.9 Å². The van der Waals surface area contributed by atoms with Crippen LogP contribution in [0.3, 0.4) is 0 Å². The topological polar surface area (TPSA) is 0 Å². The van der Waals surface area contributed by atoms with Gasteiger partial charge in [0.25, 0.3) is 0 Å². The highest BCUT2D eigenvalue weighted by molar-refractivity contribution is 5.06. The Hall–Kier alpha value is -0.260. The molecule has 0 bridgehead atoms. The van der Waals surface area contributed by atoms with Crippen molar-refractivity contribution in [1.82, 2.24) is 0 Å². The molecule has 0 aromatic rings. The van der Waals surface area contributed by atoms with E-state index in [0.29, 0.717) is 0 Å². The molecule has 2 saturated carbocycles. The number of unbranched alkanes of at least 4 members (excludes halogenated alkanes) is 1. The number of rotatable bonds is 1. The zero-order valence-electron chi connectivity index (χ0n) is 10.6. The standard InChI is InChI=1S/C8H14.C4H10.C2H4/c1-6-3-4-7-5-8(6,7)2;1-3-4-2;1-2/h6-7H,3-5H2,1-2H3;3-4H2,1-2H3;1-2H2. The maximum Gasteiger partial charge on any atom is -0.0269 e. The third-order valence-electron chi connectivity index (χ3n) is 4.03. The molecule has 0 aromatic carbocycles. The second-order valence-electron chi connectivity index (χ2n) is 4.89. The highest BCUT2D eigenvalue weighted by atomic mass is 14.6. The van der Waals surface area contributed by atoms with E-state index >= 15 is 0 Å². The van der Waals surface area contributed by atoms with Crippen molar-refractivity contribution in [2.45, 2.75) is 59.8 Å². The van der Waals surface area contributed by atoms with Crippen molar-refractivity contribution in [3.8, 4) is 0 Å². The van der Waals surface area contributed by atoms with Crippen LogP contribution in [0.1, 0.15) is 59.8 Å². The molecule has 0 spiro atoms. The lowest BCUT2D eigenvalue weighted by Gasteiger charge is -2.10. The summed E-state index contributed by atoms with van der Waals surface area (Å²) in [6.07, 6.45) is 7.20. The SMILES string of the molecule is C=C.CC1CCC2CC12C.CCCC. The van der Waals surface area contributed by atoms with E-state index in [-0.39, 0.29) is 0 Å². The first-order valence-corrected chi connectivity index (χ1v) is 6.15. The molecule has 0 heterocycles. The Morgan fingerprint density at radius 3 is 1.71 bits per heavy atom. The van der Waals surface area contributed by atoms with Crippen LogP contribution < -0.4 is 0 Å². The highest BCUT2D eigenvalue weighted by Crippen LogP contribution is 2.65. The van der Waals surface area contributed by atoms with Crippen molar-refractivity contribution in [2.24, 2.45) is 17.3 Å². The zero-order chi connectivity index (χ0) is 11.2. The lowest BCUT2D eigenvalue weighted by atomic mass is 9.95. The van der Waals surface area contributed by atoms with E-state index in [9.17, 15) is 0 Å². The highest BCUT2D eigenvalue weighted by Gasteiger charge is 2.56. The average molecular weight is 196 g/mol. The molecule has 84 valence electrons. The molecule has 3 atom stereocenters. The molecule has 2 fully saturated rings. The predicted molar refractivity (Wildman–Crippen MR) is 66.4 cm³/mol. The molecule has 0 nitrogen and oxygen atoms in total. The van der Waals surface area contributed by atoms with Crippen molar-refractivity contribution in [3.05, 3.63) is 13.2 Å². The van der Waals surface area contributed by atoms with E-state index in [1.54, 1.807) is 0 Å². The third kappa shape index (κ3) is 3.15. The van der Waals surface area contributed by atoms with Crippen LogP contribution in [-0.2, 0) is 0 Å². The van der Waals surface area contributed by atoms with Gasteiger partial charge in [-0.3, -0.25) is 0 Å². The number of fused-ring (bicyclic) bond motifs is 1. The Morgan fingerprint density at radius 1 is 1.14 bits per heavy atom. The van der Waals surface area contributed by atoms with Gasteiger partial charge in [0, 0.05) is 0 Å². The fourth-order valence-electron chi connectivity index (χ4n) is 2.29. The minimum atomic E-state index is 0.819. The van der Waals surface area contributed by atoms with Gasteiger partial charge >= 0.3 is 0 Å². The maximum absolute atomic E-state index is 3.00. The number of hydrogen-bond donors (Lipinski definition) is 0. The van der Waals surface area contributed by atoms with Crippen molar-refractivity contribution in [1.29, 1.82) is 0 Å². The van der Waals surface area contributed by atoms with E-state index in [4.69, 9.17) is 0 Å². The van der Waals surface area contributed by atoms with Gasteiger partial charge in [-0.25, -0.2) is 0 Å². The quantitative estimate of drug-likeness (QED) is 0.515. The summed E-state index contributed by atoms with van der Waals surface area (Å²) < 4.78 is 0. The Kier molecular flexibility index (Phi) is 6.15. The number of hydrogen-bond acceptors (Lipinski definition) is 0. The van der Waals surface area contributed by atoms with Crippen molar-refractivity contribution < 1.29 is 0 Å². The fourth-order valence-corrected chi connectivity index (χ4v) is 2.29. The summed E-state index contributed by atoms with van der Waals surface area (Å²) in [5, 5.41) is 0. The van der Waals surface area contributed by atoms with Crippen molar-refractivity contribution >= 4 is 0 Å². The lowest BCUT2D eigenvalue weighted by Crippen LogP contribution is -2.02. The van der Waals surface area contributed by atoms with E-state index in [1.807, 2.05) is 0 Å². The normalized spacial score (nSPS) is 37.1. The lowest BCUT2D eigenvalue weighted by molar-refractivity contribution is 0.390. The van der Waals surface area contributed by atoms with Crippen LogP contribution in [0, 0.1) is 17.3 Å². The van der Waals surface area contributed by atoms with Crippen LogP contribution in [0.5, 0.6) is 0 Å². The molecule has 3 unspecified atom stereocenters. The van der Waals surface area contributed by atoms with Gasteiger partial charge in [0.1, 0.15) is 0 Å². The summed E-state index contributed by atoms with van der Waals surface area (Å²) in [7, 11) is 0.